The smallest absolute Gasteiger partial charge is 0.254 e. The van der Waals surface area contributed by atoms with Gasteiger partial charge in [-0.15, -0.1) is 0 Å². The summed E-state index contributed by atoms with van der Waals surface area (Å²) >= 11 is 13.3. The van der Waals surface area contributed by atoms with Crippen LogP contribution >= 0.6 is 35.0 Å². The third-order valence-electron chi connectivity index (χ3n) is 2.66. The standard InChI is InChI=1S/C11H9Cl2N3OS/c12-8-4-15-9(13)3-7(8)10(17)16-11(5-14)1-2-18-6-11/h3-4H,1-2,6H2,(H,16,17). The van der Waals surface area contributed by atoms with E-state index in [0.29, 0.717) is 12.2 Å². The molecule has 7 heteroatoms. The van der Waals surface area contributed by atoms with Gasteiger partial charge in [-0.1, -0.05) is 23.2 Å². The molecular formula is C11H9Cl2N3OS. The number of hydrogen-bond donors (Lipinski definition) is 1. The highest BCUT2D eigenvalue weighted by molar-refractivity contribution is 7.99. The maximum atomic E-state index is 12.1. The Hall–Kier alpha value is -0.960. The van der Waals surface area contributed by atoms with E-state index in [4.69, 9.17) is 23.2 Å². The van der Waals surface area contributed by atoms with Gasteiger partial charge in [0.05, 0.1) is 16.7 Å². The highest BCUT2D eigenvalue weighted by Crippen LogP contribution is 2.28. The molecule has 0 aromatic carbocycles. The molecule has 1 amide bonds. The topological polar surface area (TPSA) is 65.8 Å². The van der Waals surface area contributed by atoms with Crippen molar-refractivity contribution in [3.63, 3.8) is 0 Å². The zero-order chi connectivity index (χ0) is 13.2. The zero-order valence-corrected chi connectivity index (χ0v) is 11.6. The van der Waals surface area contributed by atoms with E-state index >= 15 is 0 Å². The second-order valence-corrected chi connectivity index (χ2v) is 5.84. The lowest BCUT2D eigenvalue weighted by Gasteiger charge is -2.21. The van der Waals surface area contributed by atoms with Crippen LogP contribution in [0.15, 0.2) is 12.3 Å². The summed E-state index contributed by atoms with van der Waals surface area (Å²) in [6.45, 7) is 0. The van der Waals surface area contributed by atoms with Crippen LogP contribution in [0.2, 0.25) is 10.2 Å². The highest BCUT2D eigenvalue weighted by atomic mass is 35.5. The van der Waals surface area contributed by atoms with Crippen LogP contribution in [-0.4, -0.2) is 27.9 Å². The molecule has 1 aliphatic heterocycles. The third kappa shape index (κ3) is 2.72. The minimum absolute atomic E-state index is 0.191. The minimum Gasteiger partial charge on any atom is -0.333 e. The van der Waals surface area contributed by atoms with Gasteiger partial charge in [-0.2, -0.15) is 17.0 Å². The van der Waals surface area contributed by atoms with E-state index in [1.807, 2.05) is 0 Å². The average Bonchev–Trinajstić information content (AvgIpc) is 2.81. The molecule has 0 aliphatic carbocycles. The second-order valence-electron chi connectivity index (χ2n) is 3.94. The molecule has 18 heavy (non-hydrogen) atoms. The first-order valence-corrected chi connectivity index (χ1v) is 7.10. The lowest BCUT2D eigenvalue weighted by atomic mass is 10.0. The fraction of sp³-hybridized carbons (Fsp3) is 0.364. The Morgan fingerprint density at radius 2 is 2.39 bits per heavy atom. The van der Waals surface area contributed by atoms with Gasteiger partial charge < -0.3 is 5.32 Å². The van der Waals surface area contributed by atoms with Crippen LogP contribution in [0.5, 0.6) is 0 Å². The minimum atomic E-state index is -0.805. The first-order valence-electron chi connectivity index (χ1n) is 5.19. The van der Waals surface area contributed by atoms with Crippen molar-refractivity contribution in [2.45, 2.75) is 12.0 Å². The van der Waals surface area contributed by atoms with Crippen LogP contribution in [0.3, 0.4) is 0 Å². The molecular weight excluding hydrogens is 293 g/mol. The predicted octanol–water partition coefficient (Wildman–Crippen LogP) is 2.52. The van der Waals surface area contributed by atoms with E-state index < -0.39 is 11.4 Å². The van der Waals surface area contributed by atoms with Crippen molar-refractivity contribution < 1.29 is 4.79 Å². The van der Waals surface area contributed by atoms with E-state index in [1.165, 1.54) is 12.3 Å². The average molecular weight is 302 g/mol. The van der Waals surface area contributed by atoms with Crippen molar-refractivity contribution in [3.05, 3.63) is 28.0 Å². The number of halogens is 2. The fourth-order valence-corrected chi connectivity index (χ4v) is 3.27. The van der Waals surface area contributed by atoms with Crippen LogP contribution in [0.4, 0.5) is 0 Å². The van der Waals surface area contributed by atoms with Crippen LogP contribution < -0.4 is 5.32 Å². The van der Waals surface area contributed by atoms with E-state index in [2.05, 4.69) is 16.4 Å². The van der Waals surface area contributed by atoms with Crippen molar-refractivity contribution in [2.24, 2.45) is 0 Å². The maximum absolute atomic E-state index is 12.1. The molecule has 1 saturated heterocycles. The fourth-order valence-electron chi connectivity index (χ4n) is 1.65. The highest BCUT2D eigenvalue weighted by Gasteiger charge is 2.36. The monoisotopic (exact) mass is 301 g/mol. The van der Waals surface area contributed by atoms with Gasteiger partial charge in [0.1, 0.15) is 10.7 Å². The molecule has 2 rings (SSSR count). The molecule has 2 heterocycles. The number of thioether (sulfide) groups is 1. The summed E-state index contributed by atoms with van der Waals surface area (Å²) in [5.41, 5.74) is -0.566. The molecule has 1 atom stereocenters. The number of hydrogen-bond acceptors (Lipinski definition) is 4. The number of carbonyl (C=O) groups excluding carboxylic acids is 1. The quantitative estimate of drug-likeness (QED) is 0.853. The van der Waals surface area contributed by atoms with Crippen LogP contribution in [0, 0.1) is 11.3 Å². The van der Waals surface area contributed by atoms with E-state index in [1.54, 1.807) is 11.8 Å². The van der Waals surface area contributed by atoms with Crippen molar-refractivity contribution >= 4 is 40.9 Å². The van der Waals surface area contributed by atoms with Gasteiger partial charge in [-0.05, 0) is 18.2 Å². The van der Waals surface area contributed by atoms with Crippen LogP contribution in [0.1, 0.15) is 16.8 Å². The first kappa shape index (κ1) is 13.5. The number of rotatable bonds is 2. The number of amides is 1. The third-order valence-corrected chi connectivity index (χ3v) is 4.35. The molecule has 1 N–H and O–H groups in total. The van der Waals surface area contributed by atoms with Crippen molar-refractivity contribution in [3.8, 4) is 6.07 Å². The zero-order valence-electron chi connectivity index (χ0n) is 9.24. The predicted molar refractivity (Wildman–Crippen MR) is 72.0 cm³/mol. The molecule has 1 fully saturated rings. The Labute approximate surface area is 119 Å². The maximum Gasteiger partial charge on any atom is 0.254 e. The van der Waals surface area contributed by atoms with Gasteiger partial charge in [0.25, 0.3) is 5.91 Å². The first-order chi connectivity index (χ1) is 8.56. The largest absolute Gasteiger partial charge is 0.333 e. The molecule has 94 valence electrons. The van der Waals surface area contributed by atoms with Crippen molar-refractivity contribution in [1.29, 1.82) is 5.26 Å². The number of pyridine rings is 1. The molecule has 1 aromatic heterocycles. The van der Waals surface area contributed by atoms with Gasteiger partial charge in [-0.3, -0.25) is 4.79 Å². The van der Waals surface area contributed by atoms with Crippen molar-refractivity contribution in [2.75, 3.05) is 11.5 Å². The number of carbonyl (C=O) groups is 1. The molecule has 0 radical (unpaired) electrons. The van der Waals surface area contributed by atoms with Gasteiger partial charge in [0, 0.05) is 11.9 Å². The Morgan fingerprint density at radius 1 is 1.61 bits per heavy atom. The molecule has 1 unspecified atom stereocenters. The lowest BCUT2D eigenvalue weighted by molar-refractivity contribution is 0.0926. The van der Waals surface area contributed by atoms with Gasteiger partial charge in [0.2, 0.25) is 0 Å². The molecule has 4 nitrogen and oxygen atoms in total. The second kappa shape index (κ2) is 5.35. The van der Waals surface area contributed by atoms with E-state index in [9.17, 15) is 10.1 Å². The summed E-state index contributed by atoms with van der Waals surface area (Å²) in [7, 11) is 0. The summed E-state index contributed by atoms with van der Waals surface area (Å²) in [6.07, 6.45) is 1.96. The van der Waals surface area contributed by atoms with Crippen LogP contribution in [0.25, 0.3) is 0 Å². The summed E-state index contributed by atoms with van der Waals surface area (Å²) in [5.74, 6) is 1.05. The van der Waals surface area contributed by atoms with Gasteiger partial charge >= 0.3 is 0 Å². The summed E-state index contributed by atoms with van der Waals surface area (Å²) in [5, 5.41) is 12.3. The number of nitrogens with one attached hydrogen (secondary N) is 1. The molecule has 1 aromatic rings. The van der Waals surface area contributed by atoms with E-state index in [0.717, 1.165) is 5.75 Å². The Morgan fingerprint density at radius 3 is 3.00 bits per heavy atom. The van der Waals surface area contributed by atoms with Crippen LogP contribution in [-0.2, 0) is 0 Å². The molecule has 1 aliphatic rings. The SMILES string of the molecule is N#CC1(NC(=O)c2cc(Cl)ncc2Cl)CCSC1. The summed E-state index contributed by atoms with van der Waals surface area (Å²) < 4.78 is 0. The number of aromatic nitrogens is 1. The summed E-state index contributed by atoms with van der Waals surface area (Å²) in [6, 6.07) is 3.56. The molecule has 0 bridgehead atoms. The number of nitrogens with zero attached hydrogens (tertiary/aromatic N) is 2. The Bertz CT molecular complexity index is 524. The van der Waals surface area contributed by atoms with Gasteiger partial charge in [0.15, 0.2) is 0 Å². The normalized spacial score (nSPS) is 22.5. The summed E-state index contributed by atoms with van der Waals surface area (Å²) in [4.78, 5) is 15.9. The van der Waals surface area contributed by atoms with E-state index in [-0.39, 0.29) is 15.7 Å². The Kier molecular flexibility index (Phi) is 4.00. The molecule has 0 spiro atoms. The molecule has 0 saturated carbocycles. The Balaban J connectivity index is 2.22. The van der Waals surface area contributed by atoms with Crippen molar-refractivity contribution in [1.82, 2.24) is 10.3 Å². The lowest BCUT2D eigenvalue weighted by Crippen LogP contribution is -2.47. The van der Waals surface area contributed by atoms with Gasteiger partial charge in [-0.25, -0.2) is 4.98 Å². The number of nitriles is 1.